The van der Waals surface area contributed by atoms with Crippen LogP contribution < -0.4 is 5.73 Å². The highest BCUT2D eigenvalue weighted by Gasteiger charge is 2.58. The molecule has 2 rings (SSSR count). The van der Waals surface area contributed by atoms with Crippen LogP contribution in [0.25, 0.3) is 0 Å². The molecule has 1 aromatic carbocycles. The molecule has 0 aromatic heterocycles. The molecule has 0 atom stereocenters. The molecule has 1 aromatic rings. The second-order valence-electron chi connectivity index (χ2n) is 6.59. The van der Waals surface area contributed by atoms with Crippen molar-refractivity contribution in [1.29, 1.82) is 0 Å². The molecule has 0 amide bonds. The molecule has 8 nitrogen and oxygen atoms in total. The summed E-state index contributed by atoms with van der Waals surface area (Å²) in [5.74, 6) is 0.170. The van der Waals surface area contributed by atoms with Gasteiger partial charge < -0.3 is 30.4 Å². The second-order valence-corrected chi connectivity index (χ2v) is 10.6. The summed E-state index contributed by atoms with van der Waals surface area (Å²) in [6.07, 6.45) is 4.51. The van der Waals surface area contributed by atoms with Crippen LogP contribution in [-0.2, 0) is 15.7 Å². The number of hydrogen-bond acceptors (Lipinski definition) is 4. The molecule has 1 saturated carbocycles. The predicted molar refractivity (Wildman–Crippen MR) is 99.2 cm³/mol. The molecule has 0 unspecified atom stereocenters. The Morgan fingerprint density at radius 3 is 1.85 bits per heavy atom. The molecule has 10 heteroatoms. The maximum absolute atomic E-state index is 11.1. The molecule has 0 spiro atoms. The first-order valence-corrected chi connectivity index (χ1v) is 11.8. The summed E-state index contributed by atoms with van der Waals surface area (Å²) in [6.45, 7) is 0.640. The molecule has 7 N–H and O–H groups in total. The zero-order valence-electron chi connectivity index (χ0n) is 14.6. The fourth-order valence-corrected chi connectivity index (χ4v) is 5.15. The highest BCUT2D eigenvalue weighted by atomic mass is 31.2. The van der Waals surface area contributed by atoms with Gasteiger partial charge in [0.25, 0.3) is 5.08 Å². The Labute approximate surface area is 153 Å². The Kier molecular flexibility index (Phi) is 9.13. The van der Waals surface area contributed by atoms with E-state index in [1.807, 2.05) is 30.3 Å². The van der Waals surface area contributed by atoms with E-state index in [1.54, 1.807) is 0 Å². The Morgan fingerprint density at radius 2 is 1.46 bits per heavy atom. The van der Waals surface area contributed by atoms with Gasteiger partial charge in [0.2, 0.25) is 0 Å². The van der Waals surface area contributed by atoms with E-state index >= 15 is 0 Å². The van der Waals surface area contributed by atoms with Crippen LogP contribution in [0.3, 0.4) is 0 Å². The summed E-state index contributed by atoms with van der Waals surface area (Å²) < 4.78 is 22.2. The van der Waals surface area contributed by atoms with Crippen LogP contribution >= 0.6 is 15.2 Å². The smallest absolute Gasteiger partial charge is 0.368 e. The molecular formula is C16H29NO7P2. The van der Waals surface area contributed by atoms with Gasteiger partial charge in [-0.25, -0.2) is 0 Å². The summed E-state index contributed by atoms with van der Waals surface area (Å²) in [4.78, 5) is 35.9. The van der Waals surface area contributed by atoms with Crippen molar-refractivity contribution in [1.82, 2.24) is 0 Å². The van der Waals surface area contributed by atoms with Crippen LogP contribution in [0, 0.1) is 5.92 Å². The average molecular weight is 409 g/mol. The van der Waals surface area contributed by atoms with Crippen molar-refractivity contribution in [3.05, 3.63) is 35.9 Å². The van der Waals surface area contributed by atoms with Crippen LogP contribution in [0.4, 0.5) is 0 Å². The van der Waals surface area contributed by atoms with Crippen LogP contribution in [0.2, 0.25) is 0 Å². The maximum Gasteiger partial charge on any atom is 0.369 e. The normalized spacial score (nSPS) is 16.7. The third-order valence-corrected chi connectivity index (χ3v) is 8.50. The van der Waals surface area contributed by atoms with Crippen molar-refractivity contribution in [3.63, 3.8) is 0 Å². The number of rotatable bonds is 6. The third kappa shape index (κ3) is 6.87. The first kappa shape index (κ1) is 23.5. The Balaban J connectivity index is 0.000000350. The van der Waals surface area contributed by atoms with Gasteiger partial charge in [-0.2, -0.15) is 0 Å². The molecule has 1 aliphatic rings. The van der Waals surface area contributed by atoms with Crippen LogP contribution in [0.5, 0.6) is 0 Å². The summed E-state index contributed by atoms with van der Waals surface area (Å²) in [6, 6.07) is 9.99. The van der Waals surface area contributed by atoms with Crippen molar-refractivity contribution >= 4 is 15.2 Å². The molecule has 1 fully saturated rings. The van der Waals surface area contributed by atoms with Gasteiger partial charge in [-0.3, -0.25) is 9.13 Å². The lowest BCUT2D eigenvalue weighted by Gasteiger charge is -2.31. The highest BCUT2D eigenvalue weighted by Crippen LogP contribution is 2.69. The summed E-state index contributed by atoms with van der Waals surface area (Å²) in [5.41, 5.74) is 6.54. The summed E-state index contributed by atoms with van der Waals surface area (Å²) in [7, 11) is -10.6. The van der Waals surface area contributed by atoms with Gasteiger partial charge >= 0.3 is 15.2 Å². The average Bonchev–Trinajstić information content (AvgIpc) is 2.60. The van der Waals surface area contributed by atoms with Gasteiger partial charge in [0.05, 0.1) is 0 Å². The first-order chi connectivity index (χ1) is 12.0. The topological polar surface area (TPSA) is 161 Å². The lowest BCUT2D eigenvalue weighted by atomic mass is 9.86. The largest absolute Gasteiger partial charge is 0.369 e. The van der Waals surface area contributed by atoms with E-state index in [-0.39, 0.29) is 12.3 Å². The van der Waals surface area contributed by atoms with Gasteiger partial charge in [-0.05, 0) is 17.9 Å². The Hall–Kier alpha value is -0.560. The van der Waals surface area contributed by atoms with Crippen molar-refractivity contribution in [2.45, 2.75) is 56.6 Å². The van der Waals surface area contributed by atoms with Crippen LogP contribution in [0.15, 0.2) is 30.3 Å². The lowest BCUT2D eigenvalue weighted by Crippen LogP contribution is -2.29. The predicted octanol–water partition coefficient (Wildman–Crippen LogP) is 2.49. The summed E-state index contributed by atoms with van der Waals surface area (Å²) >= 11 is 0. The third-order valence-electron chi connectivity index (χ3n) is 4.62. The van der Waals surface area contributed by atoms with Crippen molar-refractivity contribution < 1.29 is 33.8 Å². The zero-order valence-corrected chi connectivity index (χ0v) is 16.4. The molecule has 26 heavy (non-hydrogen) atoms. The van der Waals surface area contributed by atoms with E-state index in [9.17, 15) is 14.2 Å². The van der Waals surface area contributed by atoms with E-state index in [2.05, 4.69) is 0 Å². The van der Waals surface area contributed by atoms with Gasteiger partial charge in [-0.1, -0.05) is 62.4 Å². The van der Waals surface area contributed by atoms with Gasteiger partial charge in [0.1, 0.15) is 0 Å². The minimum atomic E-state index is -5.28. The maximum atomic E-state index is 11.1. The molecule has 150 valence electrons. The standard InChI is InChI=1S/C9H20O7P2.C7H9N/c10-9(17(11,12)13,18(14,15)16)7-6-8-4-2-1-3-5-8;8-6-7-4-2-1-3-5-7/h8,10H,1-7H2,(H2,11,12,13)(H2,14,15,16);1-5H,6,8H2. The fraction of sp³-hybridized carbons (Fsp3) is 0.625. The van der Waals surface area contributed by atoms with Crippen LogP contribution in [0.1, 0.15) is 50.5 Å². The van der Waals surface area contributed by atoms with Gasteiger partial charge in [0, 0.05) is 13.0 Å². The number of aliphatic hydroxyl groups is 1. The Bertz CT molecular complexity index is 601. The molecule has 0 radical (unpaired) electrons. The monoisotopic (exact) mass is 409 g/mol. The molecule has 0 bridgehead atoms. The quantitative estimate of drug-likeness (QED) is 0.391. The SMILES string of the molecule is NCc1ccccc1.O=P(O)(O)C(O)(CCC1CCCCC1)P(=O)(O)O. The highest BCUT2D eigenvalue weighted by molar-refractivity contribution is 7.72. The van der Waals surface area contributed by atoms with E-state index in [0.29, 0.717) is 6.54 Å². The molecule has 0 saturated heterocycles. The van der Waals surface area contributed by atoms with E-state index in [4.69, 9.17) is 25.3 Å². The van der Waals surface area contributed by atoms with Crippen LogP contribution in [-0.4, -0.2) is 29.8 Å². The Morgan fingerprint density at radius 1 is 0.962 bits per heavy atom. The molecular weight excluding hydrogens is 380 g/mol. The molecule has 0 heterocycles. The summed E-state index contributed by atoms with van der Waals surface area (Å²) in [5, 5.41) is 6.45. The number of hydrogen-bond donors (Lipinski definition) is 6. The molecule has 1 aliphatic carbocycles. The van der Waals surface area contributed by atoms with E-state index in [0.717, 1.165) is 32.1 Å². The fourth-order valence-electron chi connectivity index (χ4n) is 2.95. The van der Waals surface area contributed by atoms with Gasteiger partial charge in [0.15, 0.2) is 0 Å². The van der Waals surface area contributed by atoms with Crippen molar-refractivity contribution in [2.75, 3.05) is 0 Å². The number of nitrogens with two attached hydrogens (primary N) is 1. The number of benzene rings is 1. The minimum absolute atomic E-state index is 0.170. The minimum Gasteiger partial charge on any atom is -0.368 e. The first-order valence-electron chi connectivity index (χ1n) is 8.59. The zero-order chi connectivity index (χ0) is 19.8. The lowest BCUT2D eigenvalue weighted by molar-refractivity contribution is 0.113. The van der Waals surface area contributed by atoms with Crippen molar-refractivity contribution in [2.24, 2.45) is 11.7 Å². The second kappa shape index (κ2) is 10.1. The van der Waals surface area contributed by atoms with E-state index < -0.39 is 26.7 Å². The van der Waals surface area contributed by atoms with Crippen molar-refractivity contribution in [3.8, 4) is 0 Å². The van der Waals surface area contributed by atoms with Gasteiger partial charge in [-0.15, -0.1) is 0 Å². The van der Waals surface area contributed by atoms with E-state index in [1.165, 1.54) is 5.56 Å². The molecule has 0 aliphatic heterocycles.